The van der Waals surface area contributed by atoms with Crippen molar-refractivity contribution >= 4 is 11.0 Å². The van der Waals surface area contributed by atoms with Crippen LogP contribution in [0.3, 0.4) is 0 Å². The molecule has 0 amide bonds. The first-order chi connectivity index (χ1) is 41.8. The number of hydrogen-bond donors (Lipinski definition) is 1. The molecule has 0 radical (unpaired) electrons. The molecule has 2 heterocycles. The zero-order valence-corrected chi connectivity index (χ0v) is 36.5. The summed E-state index contributed by atoms with van der Waals surface area (Å²) in [6.07, 6.45) is 1.61. The molecule has 0 atom stereocenters. The molecule has 0 aliphatic rings. The Morgan fingerprint density at radius 1 is 0.508 bits per heavy atom. The van der Waals surface area contributed by atoms with Crippen molar-refractivity contribution in [3.05, 3.63) is 193 Å². The van der Waals surface area contributed by atoms with Crippen molar-refractivity contribution in [2.24, 2.45) is 0 Å². The van der Waals surface area contributed by atoms with Gasteiger partial charge in [-0.3, -0.25) is 9.55 Å². The van der Waals surface area contributed by atoms with Crippen LogP contribution in [0.4, 0.5) is 0 Å². The average Bonchev–Trinajstić information content (AvgIpc) is 1.26. The van der Waals surface area contributed by atoms with Gasteiger partial charge in [0.2, 0.25) is 0 Å². The minimum Gasteiger partial charge on any atom is -0.507 e. The van der Waals surface area contributed by atoms with Crippen LogP contribution in [-0.2, 0) is 37.3 Å². The molecule has 65 heavy (non-hydrogen) atoms. The van der Waals surface area contributed by atoms with E-state index in [-0.39, 0.29) is 66.1 Å². The van der Waals surface area contributed by atoms with E-state index in [1.807, 2.05) is 60.7 Å². The fourth-order valence-electron chi connectivity index (χ4n) is 7.90. The number of benzene rings is 7. The minimum atomic E-state index is -4.33. The van der Waals surface area contributed by atoms with Gasteiger partial charge in [0.1, 0.15) is 11.6 Å². The first-order valence-electron chi connectivity index (χ1n) is 33.5. The molecule has 5 heteroatoms. The number of aromatic hydroxyl groups is 1. The number of rotatable bonds is 7. The molecule has 0 unspecified atom stereocenters. The van der Waals surface area contributed by atoms with Gasteiger partial charge in [-0.25, -0.2) is 4.98 Å². The molecule has 9 rings (SSSR count). The van der Waals surface area contributed by atoms with E-state index in [0.717, 1.165) is 33.9 Å². The molecule has 328 valence electrons. The summed E-state index contributed by atoms with van der Waals surface area (Å²) in [5.74, 6) is -2.35. The van der Waals surface area contributed by atoms with Crippen LogP contribution in [0, 0.1) is 6.07 Å². The second-order valence-electron chi connectivity index (χ2n) is 15.6. The van der Waals surface area contributed by atoms with E-state index in [1.54, 1.807) is 42.6 Å². The van der Waals surface area contributed by atoms with Crippen LogP contribution in [0.5, 0.6) is 5.75 Å². The van der Waals surface area contributed by atoms with E-state index in [4.69, 9.17) is 47.0 Å². The average molecular weight is 1060 g/mol. The molecule has 0 bridgehead atoms. The van der Waals surface area contributed by atoms with Gasteiger partial charge >= 0.3 is 0 Å². The number of pyridine rings is 1. The second kappa shape index (κ2) is 17.6. The van der Waals surface area contributed by atoms with Crippen LogP contribution in [-0.4, -0.2) is 19.6 Å². The number of phenols is 1. The number of imidazole rings is 1. The Balaban J connectivity index is 0.0000109. The molecule has 0 aliphatic heterocycles. The summed E-state index contributed by atoms with van der Waals surface area (Å²) in [6, 6.07) is 44.9. The Labute approximate surface area is 437 Å². The van der Waals surface area contributed by atoms with Crippen molar-refractivity contribution in [1.82, 2.24) is 14.5 Å². The fourth-order valence-corrected chi connectivity index (χ4v) is 7.90. The van der Waals surface area contributed by atoms with Crippen LogP contribution >= 0.6 is 0 Å². The van der Waals surface area contributed by atoms with Gasteiger partial charge in [0, 0.05) is 81.1 Å². The third kappa shape index (κ3) is 9.02. The third-order valence-corrected chi connectivity index (χ3v) is 11.0. The predicted molar refractivity (Wildman–Crippen MR) is 268 cm³/mol. The van der Waals surface area contributed by atoms with Gasteiger partial charge in [-0.15, -0.1) is 23.8 Å². The first kappa shape index (κ1) is 22.7. The first-order valence-corrected chi connectivity index (χ1v) is 20.0. The van der Waals surface area contributed by atoms with Crippen molar-refractivity contribution < 1.29 is 63.2 Å². The van der Waals surface area contributed by atoms with E-state index < -0.39 is 112 Å². The van der Waals surface area contributed by atoms with Crippen LogP contribution in [0.25, 0.3) is 83.9 Å². The molecule has 0 fully saturated rings. The summed E-state index contributed by atoms with van der Waals surface area (Å²) in [4.78, 5) is 9.77. The Morgan fingerprint density at radius 2 is 1.11 bits per heavy atom. The smallest absolute Gasteiger partial charge is 0.148 e. The summed E-state index contributed by atoms with van der Waals surface area (Å²) in [5.41, 5.74) is -13.4. The monoisotopic (exact) mass is 1060 g/mol. The Morgan fingerprint density at radius 3 is 1.77 bits per heavy atom. The predicted octanol–water partition coefficient (Wildman–Crippen LogP) is 15.8. The molecule has 0 spiro atoms. The zero-order chi connectivity index (χ0) is 67.5. The molecule has 9 aromatic rings. The molecular formula is C60H56N3OPt-. The van der Waals surface area contributed by atoms with Gasteiger partial charge in [0.05, 0.1) is 22.3 Å². The van der Waals surface area contributed by atoms with Gasteiger partial charge < -0.3 is 5.11 Å². The number of para-hydroxylation sites is 1. The van der Waals surface area contributed by atoms with E-state index in [1.165, 1.54) is 36.4 Å². The Kier molecular flexibility index (Phi) is 6.13. The number of hydrogen-bond acceptors (Lipinski definition) is 3. The maximum atomic E-state index is 13.2. The number of aromatic nitrogens is 3. The van der Waals surface area contributed by atoms with Gasteiger partial charge in [-0.1, -0.05) is 200 Å². The largest absolute Gasteiger partial charge is 0.507 e. The standard InChI is InChI=1S/C60H56N3O.Pt/c1-58(2,3)46-28-29-53(49(36-46)41-24-17-12-18-25-41)63-54-27-19-26-48(55(54)62-57(63)50-37-47(59(4,5)6)38-51(56(50)64)60(7,8)9)44-32-43(40-22-15-11-16-23-40)33-45(34-44)52-35-42(30-31-61-52)39-20-13-10-14-21-39;/h10-33,35-38,64H,1-9H3;/q-1;/i1D3,2D3,3D3,4D3,5D3,6D3,7D3,8D3,9D3;. The van der Waals surface area contributed by atoms with Crippen LogP contribution < -0.4 is 0 Å². The van der Waals surface area contributed by atoms with Crippen molar-refractivity contribution in [2.45, 2.75) is 77.9 Å². The molecule has 2 aromatic heterocycles. The minimum absolute atomic E-state index is 0. The molecule has 7 aromatic carbocycles. The van der Waals surface area contributed by atoms with Crippen molar-refractivity contribution in [3.8, 4) is 78.6 Å². The van der Waals surface area contributed by atoms with Crippen molar-refractivity contribution in [3.63, 3.8) is 0 Å². The molecule has 1 N–H and O–H groups in total. The molecule has 4 nitrogen and oxygen atoms in total. The number of nitrogens with zero attached hydrogens (tertiary/aromatic N) is 3. The van der Waals surface area contributed by atoms with Gasteiger partial charge in [0.15, 0.2) is 0 Å². The van der Waals surface area contributed by atoms with E-state index >= 15 is 0 Å². The Hall–Kier alpha value is -6.35. The zero-order valence-electron chi connectivity index (χ0n) is 61.3. The summed E-state index contributed by atoms with van der Waals surface area (Å²) < 4.78 is 237. The van der Waals surface area contributed by atoms with Crippen molar-refractivity contribution in [1.29, 1.82) is 0 Å². The van der Waals surface area contributed by atoms with Crippen molar-refractivity contribution in [2.75, 3.05) is 0 Å². The summed E-state index contributed by atoms with van der Waals surface area (Å²) in [5, 5.41) is 13.2. The molecular weight excluding hydrogens is 974 g/mol. The molecule has 0 aliphatic carbocycles. The normalized spacial score (nSPS) is 19.9. The fraction of sp³-hybridized carbons (Fsp3) is 0.200. The summed E-state index contributed by atoms with van der Waals surface area (Å²) in [7, 11) is 0. The number of phenolic OH excluding ortho intramolecular Hbond substituents is 1. The van der Waals surface area contributed by atoms with Crippen LogP contribution in [0.2, 0.25) is 0 Å². The third-order valence-electron chi connectivity index (χ3n) is 11.0. The van der Waals surface area contributed by atoms with Gasteiger partial charge in [0.25, 0.3) is 0 Å². The van der Waals surface area contributed by atoms with E-state index in [0.29, 0.717) is 28.5 Å². The summed E-state index contributed by atoms with van der Waals surface area (Å²) >= 11 is 0. The van der Waals surface area contributed by atoms with Crippen LogP contribution in [0.15, 0.2) is 170 Å². The maximum Gasteiger partial charge on any atom is 0.148 e. The second-order valence-corrected chi connectivity index (χ2v) is 15.6. The Bertz CT molecular complexity index is 4070. The molecule has 0 saturated carbocycles. The maximum absolute atomic E-state index is 13.2. The van der Waals surface area contributed by atoms with E-state index in [2.05, 4.69) is 6.07 Å². The SMILES string of the molecule is [2H]C([2H])([2H])C(c1ccc(-n2c(-c3cc(C(C([2H])([2H])[2H])(C([2H])([2H])[2H])C([2H])([2H])[2H])cc(C(C([2H])([2H])[2H])(C([2H])([2H])[2H])C([2H])([2H])[2H])c3O)nc3c(-c4[c-]c(-c5cc(-c6ccccc6)ccn5)cc(-c5ccccc5)c4)cccc32)c(-c2ccccc2)c1)(C([2H])([2H])[2H])C([2H])([2H])[2H].[Pt]. The van der Waals surface area contributed by atoms with E-state index in [9.17, 15) is 5.11 Å². The van der Waals surface area contributed by atoms with Gasteiger partial charge in [-0.05, 0) is 80.0 Å². The summed E-state index contributed by atoms with van der Waals surface area (Å²) in [6.45, 7) is -37.0. The quantitative estimate of drug-likeness (QED) is 0.162. The topological polar surface area (TPSA) is 50.9 Å². The molecule has 0 saturated heterocycles. The van der Waals surface area contributed by atoms with Gasteiger partial charge in [-0.2, -0.15) is 0 Å². The van der Waals surface area contributed by atoms with Crippen LogP contribution in [0.1, 0.15) is 115 Å². The number of fused-ring (bicyclic) bond motifs is 1.